The Kier molecular flexibility index (Phi) is 6.89. The first kappa shape index (κ1) is 20.0. The van der Waals surface area contributed by atoms with Gasteiger partial charge in [0, 0.05) is 11.8 Å². The standard InChI is InChI=1S/C22H21FN4O2/c1-2-29-20-12-4-3-11-19(20)26-22(25-15-18-10-5-6-13-24-18)27-21(28)16-8-7-9-17(23)14-16/h3-14H,2,15H2,1H3,(H2,25,26,27,28). The first-order valence-electron chi connectivity index (χ1n) is 9.16. The Bertz CT molecular complexity index is 993. The Balaban J connectivity index is 1.84. The van der Waals surface area contributed by atoms with Crippen LogP contribution in [-0.4, -0.2) is 23.5 Å². The molecule has 0 fully saturated rings. The van der Waals surface area contributed by atoms with Crippen LogP contribution in [-0.2, 0) is 6.54 Å². The zero-order valence-electron chi connectivity index (χ0n) is 15.9. The van der Waals surface area contributed by atoms with Gasteiger partial charge in [-0.3, -0.25) is 15.1 Å². The van der Waals surface area contributed by atoms with Gasteiger partial charge in [-0.2, -0.15) is 0 Å². The number of benzene rings is 2. The van der Waals surface area contributed by atoms with Crippen molar-refractivity contribution < 1.29 is 13.9 Å². The normalized spacial score (nSPS) is 11.0. The summed E-state index contributed by atoms with van der Waals surface area (Å²) < 4.78 is 19.1. The SMILES string of the molecule is CCOc1ccccc1NC(=NCc1ccccn1)NC(=O)c1cccc(F)c1. The van der Waals surface area contributed by atoms with E-state index < -0.39 is 11.7 Å². The molecule has 1 aromatic heterocycles. The van der Waals surface area contributed by atoms with Gasteiger partial charge in [0.15, 0.2) is 0 Å². The quantitative estimate of drug-likeness (QED) is 0.491. The summed E-state index contributed by atoms with van der Waals surface area (Å²) in [6.45, 7) is 2.64. The zero-order chi connectivity index (χ0) is 20.5. The predicted octanol–water partition coefficient (Wildman–Crippen LogP) is 4.02. The molecule has 7 heteroatoms. The summed E-state index contributed by atoms with van der Waals surface area (Å²) in [6, 6.07) is 18.3. The lowest BCUT2D eigenvalue weighted by atomic mass is 10.2. The van der Waals surface area contributed by atoms with Crippen LogP contribution in [0.2, 0.25) is 0 Å². The maximum atomic E-state index is 13.5. The maximum Gasteiger partial charge on any atom is 0.258 e. The highest BCUT2D eigenvalue weighted by Crippen LogP contribution is 2.23. The minimum atomic E-state index is -0.487. The number of halogens is 1. The fourth-order valence-electron chi connectivity index (χ4n) is 2.55. The van der Waals surface area contributed by atoms with Crippen LogP contribution in [0.1, 0.15) is 23.0 Å². The molecular weight excluding hydrogens is 371 g/mol. The molecule has 0 saturated heterocycles. The Hall–Kier alpha value is -3.74. The van der Waals surface area contributed by atoms with Crippen molar-refractivity contribution in [3.05, 3.63) is 90.0 Å². The number of carbonyl (C=O) groups excluding carboxylic acids is 1. The highest BCUT2D eigenvalue weighted by molar-refractivity contribution is 6.10. The molecule has 148 valence electrons. The average Bonchev–Trinajstić information content (AvgIpc) is 2.74. The topological polar surface area (TPSA) is 75.6 Å². The van der Waals surface area contributed by atoms with E-state index in [4.69, 9.17) is 4.74 Å². The van der Waals surface area contributed by atoms with Gasteiger partial charge in [-0.25, -0.2) is 9.38 Å². The van der Waals surface area contributed by atoms with Crippen molar-refractivity contribution >= 4 is 17.6 Å². The number of guanidine groups is 1. The minimum Gasteiger partial charge on any atom is -0.492 e. The number of rotatable bonds is 6. The molecule has 0 radical (unpaired) electrons. The number of nitrogens with zero attached hydrogens (tertiary/aromatic N) is 2. The van der Waals surface area contributed by atoms with Crippen LogP contribution in [0.25, 0.3) is 0 Å². The zero-order valence-corrected chi connectivity index (χ0v) is 15.9. The first-order chi connectivity index (χ1) is 14.2. The fraction of sp³-hybridized carbons (Fsp3) is 0.136. The molecule has 1 amide bonds. The molecule has 0 aliphatic heterocycles. The number of anilines is 1. The summed E-state index contributed by atoms with van der Waals surface area (Å²) in [6.07, 6.45) is 1.67. The maximum absolute atomic E-state index is 13.5. The van der Waals surface area contributed by atoms with E-state index in [0.29, 0.717) is 18.0 Å². The molecule has 6 nitrogen and oxygen atoms in total. The summed E-state index contributed by atoms with van der Waals surface area (Å²) in [5, 5.41) is 5.79. The lowest BCUT2D eigenvalue weighted by Crippen LogP contribution is -2.36. The van der Waals surface area contributed by atoms with Crippen LogP contribution in [0, 0.1) is 5.82 Å². The molecule has 2 aromatic carbocycles. The van der Waals surface area contributed by atoms with Crippen LogP contribution in [0.4, 0.5) is 10.1 Å². The highest BCUT2D eigenvalue weighted by atomic mass is 19.1. The number of hydrogen-bond acceptors (Lipinski definition) is 4. The molecule has 0 bridgehead atoms. The molecule has 3 rings (SSSR count). The molecule has 3 aromatic rings. The molecule has 0 unspecified atom stereocenters. The first-order valence-corrected chi connectivity index (χ1v) is 9.16. The molecule has 0 spiro atoms. The van der Waals surface area contributed by atoms with Gasteiger partial charge in [0.1, 0.15) is 11.6 Å². The van der Waals surface area contributed by atoms with Crippen molar-refractivity contribution in [1.82, 2.24) is 10.3 Å². The van der Waals surface area contributed by atoms with E-state index in [2.05, 4.69) is 20.6 Å². The van der Waals surface area contributed by atoms with E-state index in [0.717, 1.165) is 5.69 Å². The molecule has 0 atom stereocenters. The predicted molar refractivity (Wildman–Crippen MR) is 110 cm³/mol. The second-order valence-corrected chi connectivity index (χ2v) is 6.00. The number of hydrogen-bond donors (Lipinski definition) is 2. The van der Waals surface area contributed by atoms with Crippen molar-refractivity contribution in [3.63, 3.8) is 0 Å². The van der Waals surface area contributed by atoms with Gasteiger partial charge < -0.3 is 10.1 Å². The van der Waals surface area contributed by atoms with Gasteiger partial charge >= 0.3 is 0 Å². The van der Waals surface area contributed by atoms with Crippen LogP contribution in [0.5, 0.6) is 5.75 Å². The number of para-hydroxylation sites is 2. The molecule has 0 saturated carbocycles. The third kappa shape index (κ3) is 5.87. The highest BCUT2D eigenvalue weighted by Gasteiger charge is 2.12. The third-order valence-corrected chi connectivity index (χ3v) is 3.88. The molecule has 1 heterocycles. The Morgan fingerprint density at radius 1 is 1.10 bits per heavy atom. The minimum absolute atomic E-state index is 0.190. The van der Waals surface area contributed by atoms with Gasteiger partial charge in [-0.05, 0) is 49.4 Å². The van der Waals surface area contributed by atoms with Crippen LogP contribution in [0.15, 0.2) is 77.9 Å². The van der Waals surface area contributed by atoms with Gasteiger partial charge in [0.25, 0.3) is 5.91 Å². The Morgan fingerprint density at radius 3 is 2.69 bits per heavy atom. The van der Waals surface area contributed by atoms with E-state index in [1.165, 1.54) is 24.3 Å². The monoisotopic (exact) mass is 392 g/mol. The number of aliphatic imine (C=N–C) groups is 1. The van der Waals surface area contributed by atoms with Gasteiger partial charge in [-0.1, -0.05) is 24.3 Å². The largest absolute Gasteiger partial charge is 0.492 e. The second kappa shape index (κ2) is 9.98. The molecular formula is C22H21FN4O2. The molecule has 2 N–H and O–H groups in total. The smallest absolute Gasteiger partial charge is 0.258 e. The Morgan fingerprint density at radius 2 is 1.93 bits per heavy atom. The Labute approximate surface area is 168 Å². The van der Waals surface area contributed by atoms with E-state index >= 15 is 0 Å². The fourth-order valence-corrected chi connectivity index (χ4v) is 2.55. The van der Waals surface area contributed by atoms with Crippen molar-refractivity contribution in [3.8, 4) is 5.75 Å². The van der Waals surface area contributed by atoms with E-state index in [9.17, 15) is 9.18 Å². The summed E-state index contributed by atoms with van der Waals surface area (Å²) in [5.41, 5.74) is 1.58. The molecule has 0 aliphatic rings. The lowest BCUT2D eigenvalue weighted by Gasteiger charge is -2.15. The van der Waals surface area contributed by atoms with E-state index in [1.54, 1.807) is 6.20 Å². The summed E-state index contributed by atoms with van der Waals surface area (Å²) in [7, 11) is 0. The number of ether oxygens (including phenoxy) is 1. The van der Waals surface area contributed by atoms with Crippen LogP contribution >= 0.6 is 0 Å². The van der Waals surface area contributed by atoms with Crippen LogP contribution < -0.4 is 15.4 Å². The lowest BCUT2D eigenvalue weighted by molar-refractivity contribution is 0.0976. The summed E-state index contributed by atoms with van der Waals surface area (Å²) in [4.78, 5) is 21.2. The molecule has 29 heavy (non-hydrogen) atoms. The van der Waals surface area contributed by atoms with Crippen molar-refractivity contribution in [1.29, 1.82) is 0 Å². The average molecular weight is 392 g/mol. The summed E-state index contributed by atoms with van der Waals surface area (Å²) in [5.74, 6) is -0.137. The van der Waals surface area contributed by atoms with E-state index in [-0.39, 0.29) is 18.1 Å². The number of pyridine rings is 1. The number of carbonyl (C=O) groups is 1. The number of nitrogens with one attached hydrogen (secondary N) is 2. The van der Waals surface area contributed by atoms with Crippen LogP contribution in [0.3, 0.4) is 0 Å². The van der Waals surface area contributed by atoms with Gasteiger partial charge in [-0.15, -0.1) is 0 Å². The van der Waals surface area contributed by atoms with Crippen molar-refractivity contribution in [2.75, 3.05) is 11.9 Å². The number of amides is 1. The summed E-state index contributed by atoms with van der Waals surface area (Å²) >= 11 is 0. The van der Waals surface area contributed by atoms with Crippen molar-refractivity contribution in [2.45, 2.75) is 13.5 Å². The van der Waals surface area contributed by atoms with E-state index in [1.807, 2.05) is 49.4 Å². The van der Waals surface area contributed by atoms with Gasteiger partial charge in [0.05, 0.1) is 24.5 Å². The molecule has 0 aliphatic carbocycles. The second-order valence-electron chi connectivity index (χ2n) is 6.00. The van der Waals surface area contributed by atoms with Crippen molar-refractivity contribution in [2.24, 2.45) is 4.99 Å². The number of aromatic nitrogens is 1. The van der Waals surface area contributed by atoms with Gasteiger partial charge in [0.2, 0.25) is 5.96 Å². The third-order valence-electron chi connectivity index (χ3n) is 3.88.